The average molecular weight is 461 g/mol. The fraction of sp³-hybridized carbons (Fsp3) is 0.560. The van der Waals surface area contributed by atoms with Gasteiger partial charge in [-0.1, -0.05) is 37.8 Å². The molecular formula is C25H31F3N4O. The van der Waals surface area contributed by atoms with Crippen molar-refractivity contribution in [2.24, 2.45) is 5.92 Å². The third-order valence-corrected chi connectivity index (χ3v) is 6.98. The van der Waals surface area contributed by atoms with E-state index in [1.807, 2.05) is 18.7 Å². The standard InChI is InChI=1S/C25H31F3N4O/c1-17-18(2)29-23(20-8-5-9-21(16-20)25(26,27)28)30-24(17)32-14-12-31(13-15-32)22(33)11-10-19-6-3-4-7-19/h5,8-9,16,19H,3-4,6-7,10-15H2,1-2H3. The van der Waals surface area contributed by atoms with Crippen LogP contribution < -0.4 is 4.90 Å². The summed E-state index contributed by atoms with van der Waals surface area (Å²) in [7, 11) is 0. The van der Waals surface area contributed by atoms with Gasteiger partial charge in [-0.2, -0.15) is 13.2 Å². The van der Waals surface area contributed by atoms with Crippen LogP contribution in [0.4, 0.5) is 19.0 Å². The highest BCUT2D eigenvalue weighted by atomic mass is 19.4. The van der Waals surface area contributed by atoms with Gasteiger partial charge < -0.3 is 9.80 Å². The lowest BCUT2D eigenvalue weighted by molar-refractivity contribution is -0.137. The van der Waals surface area contributed by atoms with Crippen LogP contribution in [0.15, 0.2) is 24.3 Å². The molecule has 2 aliphatic rings. The van der Waals surface area contributed by atoms with Crippen molar-refractivity contribution < 1.29 is 18.0 Å². The number of piperazine rings is 1. The molecule has 1 aromatic carbocycles. The second-order valence-corrected chi connectivity index (χ2v) is 9.22. The van der Waals surface area contributed by atoms with E-state index in [1.54, 1.807) is 6.07 Å². The maximum Gasteiger partial charge on any atom is 0.416 e. The number of hydrogen-bond donors (Lipinski definition) is 0. The van der Waals surface area contributed by atoms with E-state index in [1.165, 1.54) is 31.7 Å². The van der Waals surface area contributed by atoms with Crippen molar-refractivity contribution in [2.45, 2.75) is 58.5 Å². The minimum absolute atomic E-state index is 0.224. The average Bonchev–Trinajstić information content (AvgIpc) is 3.32. The Balaban J connectivity index is 1.45. The lowest BCUT2D eigenvalue weighted by Crippen LogP contribution is -2.49. The van der Waals surface area contributed by atoms with Gasteiger partial charge in [0.05, 0.1) is 5.56 Å². The Hall–Kier alpha value is -2.64. The van der Waals surface area contributed by atoms with Crippen molar-refractivity contribution >= 4 is 11.7 Å². The molecule has 178 valence electrons. The molecule has 2 aromatic rings. The summed E-state index contributed by atoms with van der Waals surface area (Å²) in [5, 5.41) is 0. The summed E-state index contributed by atoms with van der Waals surface area (Å²) in [6.07, 6.45) is 2.28. The van der Waals surface area contributed by atoms with E-state index < -0.39 is 11.7 Å². The van der Waals surface area contributed by atoms with Gasteiger partial charge >= 0.3 is 6.18 Å². The molecule has 1 saturated heterocycles. The molecule has 2 heterocycles. The first kappa shape index (κ1) is 23.5. The first-order valence-electron chi connectivity index (χ1n) is 11.8. The Morgan fingerprint density at radius 3 is 2.42 bits per heavy atom. The molecule has 0 unspecified atom stereocenters. The number of halogens is 3. The van der Waals surface area contributed by atoms with E-state index in [-0.39, 0.29) is 11.7 Å². The SMILES string of the molecule is Cc1nc(-c2cccc(C(F)(F)F)c2)nc(N2CCN(C(=O)CCC3CCCC3)CC2)c1C. The number of alkyl halides is 3. The number of anilines is 1. The predicted molar refractivity (Wildman–Crippen MR) is 122 cm³/mol. The van der Waals surface area contributed by atoms with E-state index in [4.69, 9.17) is 0 Å². The quantitative estimate of drug-likeness (QED) is 0.600. The van der Waals surface area contributed by atoms with Crippen LogP contribution >= 0.6 is 0 Å². The number of aromatic nitrogens is 2. The number of amides is 1. The molecule has 1 aromatic heterocycles. The Morgan fingerprint density at radius 2 is 1.76 bits per heavy atom. The lowest BCUT2D eigenvalue weighted by atomic mass is 10.0. The normalized spacial score (nSPS) is 17.6. The van der Waals surface area contributed by atoms with Crippen molar-refractivity contribution in [3.05, 3.63) is 41.1 Å². The first-order valence-corrected chi connectivity index (χ1v) is 11.8. The maximum absolute atomic E-state index is 13.2. The molecule has 33 heavy (non-hydrogen) atoms. The molecular weight excluding hydrogens is 429 g/mol. The zero-order valence-corrected chi connectivity index (χ0v) is 19.3. The predicted octanol–water partition coefficient (Wildman–Crippen LogP) is 5.40. The van der Waals surface area contributed by atoms with Crippen molar-refractivity contribution in [1.29, 1.82) is 0 Å². The number of hydrogen-bond acceptors (Lipinski definition) is 4. The van der Waals surface area contributed by atoms with Crippen molar-refractivity contribution in [3.8, 4) is 11.4 Å². The molecule has 0 spiro atoms. The summed E-state index contributed by atoms with van der Waals surface area (Å²) in [6.45, 7) is 6.33. The van der Waals surface area contributed by atoms with Crippen LogP contribution in [0.2, 0.25) is 0 Å². The van der Waals surface area contributed by atoms with Gasteiger partial charge in [0.1, 0.15) is 5.82 Å². The van der Waals surface area contributed by atoms with Crippen LogP contribution in [0.25, 0.3) is 11.4 Å². The largest absolute Gasteiger partial charge is 0.416 e. The molecule has 1 aliphatic heterocycles. The second kappa shape index (κ2) is 9.69. The van der Waals surface area contributed by atoms with Crippen LogP contribution in [-0.4, -0.2) is 47.0 Å². The molecule has 0 radical (unpaired) electrons. The Kier molecular flexibility index (Phi) is 6.91. The molecule has 8 heteroatoms. The van der Waals surface area contributed by atoms with Crippen molar-refractivity contribution in [1.82, 2.24) is 14.9 Å². The number of carbonyl (C=O) groups is 1. The number of rotatable bonds is 5. The molecule has 4 rings (SSSR count). The fourth-order valence-electron chi connectivity index (χ4n) is 4.84. The molecule has 1 amide bonds. The molecule has 0 bridgehead atoms. The highest BCUT2D eigenvalue weighted by molar-refractivity contribution is 5.76. The van der Waals surface area contributed by atoms with Crippen LogP contribution in [-0.2, 0) is 11.0 Å². The van der Waals surface area contributed by atoms with Gasteiger partial charge in [-0.3, -0.25) is 4.79 Å². The Labute approximate surface area is 193 Å². The summed E-state index contributed by atoms with van der Waals surface area (Å²) >= 11 is 0. The van der Waals surface area contributed by atoms with Gasteiger partial charge in [0.2, 0.25) is 5.91 Å². The van der Waals surface area contributed by atoms with E-state index in [2.05, 4.69) is 14.9 Å². The molecule has 0 N–H and O–H groups in total. The molecule has 1 saturated carbocycles. The molecule has 1 aliphatic carbocycles. The van der Waals surface area contributed by atoms with E-state index in [9.17, 15) is 18.0 Å². The third-order valence-electron chi connectivity index (χ3n) is 6.98. The van der Waals surface area contributed by atoms with Gasteiger partial charge in [0.15, 0.2) is 5.82 Å². The van der Waals surface area contributed by atoms with Crippen LogP contribution in [0, 0.1) is 19.8 Å². The highest BCUT2D eigenvalue weighted by Gasteiger charge is 2.31. The summed E-state index contributed by atoms with van der Waals surface area (Å²) < 4.78 is 39.5. The van der Waals surface area contributed by atoms with E-state index >= 15 is 0 Å². The van der Waals surface area contributed by atoms with Crippen molar-refractivity contribution in [3.63, 3.8) is 0 Å². The number of benzene rings is 1. The summed E-state index contributed by atoms with van der Waals surface area (Å²) in [5.41, 5.74) is 1.28. The molecule has 0 atom stereocenters. The number of aryl methyl sites for hydroxylation is 1. The molecule has 2 fully saturated rings. The van der Waals surface area contributed by atoms with E-state index in [0.29, 0.717) is 44.1 Å². The zero-order valence-electron chi connectivity index (χ0n) is 19.3. The Bertz CT molecular complexity index is 994. The topological polar surface area (TPSA) is 49.3 Å². The minimum Gasteiger partial charge on any atom is -0.353 e. The van der Waals surface area contributed by atoms with Gasteiger partial charge in [0, 0.05) is 49.4 Å². The summed E-state index contributed by atoms with van der Waals surface area (Å²) in [5.74, 6) is 1.94. The number of carbonyl (C=O) groups excluding carboxylic acids is 1. The van der Waals surface area contributed by atoms with E-state index in [0.717, 1.165) is 35.6 Å². The fourth-order valence-corrected chi connectivity index (χ4v) is 4.84. The highest BCUT2D eigenvalue weighted by Crippen LogP contribution is 2.33. The third kappa shape index (κ3) is 5.47. The van der Waals surface area contributed by atoms with Crippen LogP contribution in [0.3, 0.4) is 0 Å². The van der Waals surface area contributed by atoms with Gasteiger partial charge in [-0.05, 0) is 38.3 Å². The minimum atomic E-state index is -4.42. The van der Waals surface area contributed by atoms with Crippen LogP contribution in [0.1, 0.15) is 55.3 Å². The molecule has 5 nitrogen and oxygen atoms in total. The Morgan fingerprint density at radius 1 is 1.06 bits per heavy atom. The zero-order chi connectivity index (χ0) is 23.6. The second-order valence-electron chi connectivity index (χ2n) is 9.22. The lowest BCUT2D eigenvalue weighted by Gasteiger charge is -2.36. The maximum atomic E-state index is 13.2. The van der Waals surface area contributed by atoms with Gasteiger partial charge in [0.25, 0.3) is 0 Å². The van der Waals surface area contributed by atoms with Crippen LogP contribution in [0.5, 0.6) is 0 Å². The smallest absolute Gasteiger partial charge is 0.353 e. The van der Waals surface area contributed by atoms with Crippen molar-refractivity contribution in [2.75, 3.05) is 31.1 Å². The number of nitrogens with zero attached hydrogens (tertiary/aromatic N) is 4. The van der Waals surface area contributed by atoms with Gasteiger partial charge in [-0.25, -0.2) is 9.97 Å². The van der Waals surface area contributed by atoms with Gasteiger partial charge in [-0.15, -0.1) is 0 Å². The summed E-state index contributed by atoms with van der Waals surface area (Å²) in [4.78, 5) is 25.8. The first-order chi connectivity index (χ1) is 15.7. The summed E-state index contributed by atoms with van der Waals surface area (Å²) in [6, 6.07) is 5.12. The monoisotopic (exact) mass is 460 g/mol.